The summed E-state index contributed by atoms with van der Waals surface area (Å²) >= 11 is 3.61. The molecule has 1 aliphatic rings. The van der Waals surface area contributed by atoms with Crippen LogP contribution in [0.3, 0.4) is 0 Å². The summed E-state index contributed by atoms with van der Waals surface area (Å²) in [6.07, 6.45) is 3.24. The molecule has 0 radical (unpaired) electrons. The van der Waals surface area contributed by atoms with Crippen LogP contribution < -0.4 is 19.8 Å². The molecule has 0 aliphatic carbocycles. The third-order valence-electron chi connectivity index (χ3n) is 4.98. The van der Waals surface area contributed by atoms with Crippen molar-refractivity contribution in [1.82, 2.24) is 15.0 Å². The zero-order valence-electron chi connectivity index (χ0n) is 15.6. The first-order chi connectivity index (χ1) is 14.2. The summed E-state index contributed by atoms with van der Waals surface area (Å²) in [7, 11) is 0. The van der Waals surface area contributed by atoms with Crippen LogP contribution in [0.5, 0.6) is 11.5 Å². The van der Waals surface area contributed by atoms with Crippen LogP contribution in [-0.2, 0) is 19.4 Å². The third kappa shape index (κ3) is 3.51. The molecule has 2 aromatic heterocycles. The number of aryl methyl sites for hydroxylation is 2. The average Bonchev–Trinajstić information content (AvgIpc) is 3.36. The first-order valence-corrected chi connectivity index (χ1v) is 10.1. The Morgan fingerprint density at radius 1 is 1.14 bits per heavy atom. The number of anilines is 1. The summed E-state index contributed by atoms with van der Waals surface area (Å²) in [6, 6.07) is 14.3. The topological polar surface area (TPSA) is 89.9 Å². The molecule has 0 fully saturated rings. The Kier molecular flexibility index (Phi) is 4.55. The Hall–Kier alpha value is -3.13. The third-order valence-corrected chi connectivity index (χ3v) is 5.72. The van der Waals surface area contributed by atoms with Gasteiger partial charge in [-0.2, -0.15) is 0 Å². The summed E-state index contributed by atoms with van der Waals surface area (Å²) in [6.45, 7) is 1.02. The highest BCUT2D eigenvalue weighted by Gasteiger charge is 2.21. The van der Waals surface area contributed by atoms with Crippen LogP contribution in [-0.4, -0.2) is 21.7 Å². The van der Waals surface area contributed by atoms with Gasteiger partial charge in [-0.1, -0.05) is 56.2 Å². The normalized spacial score (nSPS) is 12.6. The molecule has 2 aromatic carbocycles. The van der Waals surface area contributed by atoms with E-state index < -0.39 is 0 Å². The second kappa shape index (κ2) is 7.36. The van der Waals surface area contributed by atoms with Gasteiger partial charge in [0.25, 0.3) is 5.65 Å². The second-order valence-electron chi connectivity index (χ2n) is 6.91. The number of benzene rings is 2. The molecule has 0 bridgehead atoms. The van der Waals surface area contributed by atoms with Gasteiger partial charge in [0, 0.05) is 17.3 Å². The minimum atomic E-state index is 0.249. The number of fused-ring (bicyclic) bond motifs is 2. The predicted molar refractivity (Wildman–Crippen MR) is 112 cm³/mol. The number of aromatic nitrogens is 4. The van der Waals surface area contributed by atoms with Crippen LogP contribution in [0.1, 0.15) is 17.0 Å². The fourth-order valence-electron chi connectivity index (χ4n) is 3.47. The van der Waals surface area contributed by atoms with Crippen LogP contribution in [0.4, 0.5) is 5.82 Å². The number of hydrogen-bond acceptors (Lipinski definition) is 5. The molecule has 0 saturated carbocycles. The highest BCUT2D eigenvalue weighted by Crippen LogP contribution is 2.37. The van der Waals surface area contributed by atoms with E-state index in [1.54, 1.807) is 6.33 Å². The van der Waals surface area contributed by atoms with Gasteiger partial charge in [0.2, 0.25) is 18.9 Å². The van der Waals surface area contributed by atoms with Crippen molar-refractivity contribution >= 4 is 32.9 Å². The quantitative estimate of drug-likeness (QED) is 0.454. The van der Waals surface area contributed by atoms with Crippen LogP contribution in [0.25, 0.3) is 11.2 Å². The molecule has 146 valence electrons. The number of halogens is 1. The number of rotatable bonds is 5. The monoisotopic (exact) mass is 452 g/mol. The van der Waals surface area contributed by atoms with E-state index in [0.29, 0.717) is 12.2 Å². The SMILES string of the molecule is Nc1nc[n+](CCc2ccccc2)c2nc(Cc3cc4c(cc3Br)OCO4)[nH]c12. The Bertz CT molecular complexity index is 1190. The predicted octanol–water partition coefficient (Wildman–Crippen LogP) is 3.15. The number of ether oxygens (including phenoxy) is 2. The van der Waals surface area contributed by atoms with Crippen molar-refractivity contribution in [3.8, 4) is 11.5 Å². The number of aromatic amines is 1. The molecule has 3 N–H and O–H groups in total. The van der Waals surface area contributed by atoms with Crippen molar-refractivity contribution in [2.45, 2.75) is 19.4 Å². The van der Waals surface area contributed by atoms with E-state index in [1.165, 1.54) is 5.56 Å². The molecular weight excluding hydrogens is 434 g/mol. The summed E-state index contributed by atoms with van der Waals surface area (Å²) in [5, 5.41) is 0. The lowest BCUT2D eigenvalue weighted by molar-refractivity contribution is -0.675. The van der Waals surface area contributed by atoms with E-state index in [0.717, 1.165) is 51.5 Å². The number of nitrogens with one attached hydrogen (secondary N) is 1. The zero-order valence-corrected chi connectivity index (χ0v) is 17.1. The van der Waals surface area contributed by atoms with E-state index >= 15 is 0 Å². The summed E-state index contributed by atoms with van der Waals surface area (Å²) < 4.78 is 13.9. The number of hydrogen-bond donors (Lipinski definition) is 2. The van der Waals surface area contributed by atoms with Gasteiger partial charge < -0.3 is 20.2 Å². The molecule has 29 heavy (non-hydrogen) atoms. The molecule has 0 saturated heterocycles. The van der Waals surface area contributed by atoms with Crippen molar-refractivity contribution in [2.75, 3.05) is 12.5 Å². The molecule has 5 rings (SSSR count). The van der Waals surface area contributed by atoms with Crippen LogP contribution in [0.15, 0.2) is 53.3 Å². The molecule has 0 spiro atoms. The van der Waals surface area contributed by atoms with Crippen molar-refractivity contribution in [1.29, 1.82) is 0 Å². The second-order valence-corrected chi connectivity index (χ2v) is 7.77. The molecule has 0 amide bonds. The Morgan fingerprint density at radius 3 is 2.76 bits per heavy atom. The van der Waals surface area contributed by atoms with Crippen molar-refractivity contribution in [2.24, 2.45) is 0 Å². The lowest BCUT2D eigenvalue weighted by Gasteiger charge is -2.03. The zero-order chi connectivity index (χ0) is 19.8. The first kappa shape index (κ1) is 17.9. The van der Waals surface area contributed by atoms with Gasteiger partial charge in [-0.25, -0.2) is 4.57 Å². The van der Waals surface area contributed by atoms with Crippen molar-refractivity contribution < 1.29 is 14.0 Å². The van der Waals surface area contributed by atoms with Gasteiger partial charge in [0.05, 0.1) is 6.54 Å². The van der Waals surface area contributed by atoms with E-state index in [4.69, 9.17) is 20.2 Å². The van der Waals surface area contributed by atoms with Gasteiger partial charge in [-0.15, -0.1) is 0 Å². The lowest BCUT2D eigenvalue weighted by Crippen LogP contribution is -2.36. The summed E-state index contributed by atoms with van der Waals surface area (Å²) in [5.74, 6) is 2.75. The molecule has 8 heteroatoms. The van der Waals surface area contributed by atoms with Gasteiger partial charge in [0.15, 0.2) is 22.8 Å². The van der Waals surface area contributed by atoms with Crippen LogP contribution >= 0.6 is 15.9 Å². The number of nitrogens with two attached hydrogens (primary N) is 1. The fraction of sp³-hybridized carbons (Fsp3) is 0.190. The standard InChI is InChI=1S/C21H18BrN5O2/c22-15-10-17-16(28-12-29-17)8-14(15)9-18-25-19-20(23)24-11-27(21(19)26-18)7-6-13-4-2-1-3-5-13/h1-5,8,10-11H,6-7,9,12H2,(H2,23,25,26)/p+1. The summed E-state index contributed by atoms with van der Waals surface area (Å²) in [5.41, 5.74) is 9.98. The maximum atomic E-state index is 6.10. The largest absolute Gasteiger partial charge is 0.454 e. The van der Waals surface area contributed by atoms with Gasteiger partial charge in [0.1, 0.15) is 0 Å². The van der Waals surface area contributed by atoms with Gasteiger partial charge in [-0.05, 0) is 23.3 Å². The van der Waals surface area contributed by atoms with Crippen LogP contribution in [0.2, 0.25) is 0 Å². The maximum Gasteiger partial charge on any atom is 0.293 e. The number of nitrogen functional groups attached to an aromatic ring is 1. The maximum absolute atomic E-state index is 6.10. The number of nitrogens with zero attached hydrogens (tertiary/aromatic N) is 3. The molecule has 3 heterocycles. The number of imidazole rings is 1. The van der Waals surface area contributed by atoms with E-state index in [-0.39, 0.29) is 6.79 Å². The Labute approximate surface area is 175 Å². The minimum Gasteiger partial charge on any atom is -0.454 e. The average molecular weight is 453 g/mol. The van der Waals surface area contributed by atoms with Crippen LogP contribution in [0, 0.1) is 0 Å². The lowest BCUT2D eigenvalue weighted by atomic mass is 10.1. The molecule has 1 aliphatic heterocycles. The molecule has 7 nitrogen and oxygen atoms in total. The highest BCUT2D eigenvalue weighted by atomic mass is 79.9. The fourth-order valence-corrected chi connectivity index (χ4v) is 3.93. The number of H-pyrrole nitrogens is 1. The Balaban J connectivity index is 1.45. The van der Waals surface area contributed by atoms with Gasteiger partial charge >= 0.3 is 0 Å². The molecule has 0 unspecified atom stereocenters. The van der Waals surface area contributed by atoms with E-state index in [2.05, 4.69) is 38.0 Å². The highest BCUT2D eigenvalue weighted by molar-refractivity contribution is 9.10. The molecule has 0 atom stereocenters. The smallest absolute Gasteiger partial charge is 0.293 e. The Morgan fingerprint density at radius 2 is 1.93 bits per heavy atom. The van der Waals surface area contributed by atoms with Gasteiger partial charge in [-0.3, -0.25) is 0 Å². The molecular formula is C21H19BrN5O2+. The first-order valence-electron chi connectivity index (χ1n) is 9.32. The summed E-state index contributed by atoms with van der Waals surface area (Å²) in [4.78, 5) is 12.5. The minimum absolute atomic E-state index is 0.249. The van der Waals surface area contributed by atoms with Crippen molar-refractivity contribution in [3.05, 3.63) is 70.2 Å². The molecule has 4 aromatic rings. The van der Waals surface area contributed by atoms with E-state index in [1.807, 2.05) is 34.9 Å². The van der Waals surface area contributed by atoms with E-state index in [9.17, 15) is 0 Å². The van der Waals surface area contributed by atoms with Crippen molar-refractivity contribution in [3.63, 3.8) is 0 Å².